The molecular weight excluding hydrogens is 254 g/mol. The Morgan fingerprint density at radius 2 is 2.47 bits per heavy atom. The quantitative estimate of drug-likeness (QED) is 0.864. The average Bonchev–Trinajstić information content (AvgIpc) is 2.95. The van der Waals surface area contributed by atoms with Crippen molar-refractivity contribution in [1.29, 1.82) is 0 Å². The maximum Gasteiger partial charge on any atom is 0.336 e. The third kappa shape index (κ3) is 3.24. The molecule has 0 bridgehead atoms. The number of thiophene rings is 1. The van der Waals surface area contributed by atoms with Gasteiger partial charge in [0.1, 0.15) is 0 Å². The van der Waals surface area contributed by atoms with Crippen LogP contribution < -0.4 is 5.32 Å². The van der Waals surface area contributed by atoms with Crippen LogP contribution in [0.4, 0.5) is 0 Å². The minimum atomic E-state index is -0.838. The van der Waals surface area contributed by atoms with Crippen LogP contribution in [-0.2, 0) is 6.54 Å². The van der Waals surface area contributed by atoms with E-state index in [4.69, 9.17) is 5.11 Å². The van der Waals surface area contributed by atoms with E-state index in [1.165, 1.54) is 30.6 Å². The smallest absolute Gasteiger partial charge is 0.336 e. The number of thioether (sulfide) groups is 1. The maximum absolute atomic E-state index is 10.8. The number of carboxylic acids is 1. The van der Waals surface area contributed by atoms with E-state index in [9.17, 15) is 4.79 Å². The zero-order valence-electron chi connectivity index (χ0n) is 9.81. The van der Waals surface area contributed by atoms with Gasteiger partial charge in [-0.05, 0) is 25.2 Å². The highest BCUT2D eigenvalue weighted by Crippen LogP contribution is 2.28. The first-order valence-corrected chi connectivity index (χ1v) is 7.94. The second kappa shape index (κ2) is 5.89. The predicted molar refractivity (Wildman–Crippen MR) is 73.1 cm³/mol. The summed E-state index contributed by atoms with van der Waals surface area (Å²) in [6.45, 7) is 0.791. The fourth-order valence-electron chi connectivity index (χ4n) is 2.26. The Morgan fingerprint density at radius 1 is 1.65 bits per heavy atom. The van der Waals surface area contributed by atoms with Gasteiger partial charge in [0.25, 0.3) is 0 Å². The second-order valence-electron chi connectivity index (χ2n) is 4.30. The first-order chi connectivity index (χ1) is 8.20. The van der Waals surface area contributed by atoms with Gasteiger partial charge in [-0.2, -0.15) is 11.8 Å². The zero-order valence-corrected chi connectivity index (χ0v) is 11.4. The number of aromatic carboxylic acids is 1. The van der Waals surface area contributed by atoms with E-state index in [2.05, 4.69) is 11.6 Å². The van der Waals surface area contributed by atoms with Crippen molar-refractivity contribution >= 4 is 29.1 Å². The van der Waals surface area contributed by atoms with Crippen molar-refractivity contribution in [1.82, 2.24) is 5.32 Å². The summed E-state index contributed by atoms with van der Waals surface area (Å²) in [6.07, 6.45) is 6.00. The molecule has 2 N–H and O–H groups in total. The van der Waals surface area contributed by atoms with Crippen LogP contribution in [0.5, 0.6) is 0 Å². The van der Waals surface area contributed by atoms with Gasteiger partial charge < -0.3 is 10.4 Å². The standard InChI is InChI=1S/C12H17NO2S2/c1-16-11-4-2-3-10(11)13-6-9-5-8(7-17-9)12(14)15/h5,7,10-11,13H,2-4,6H2,1H3,(H,14,15). The Labute approximate surface area is 110 Å². The molecule has 1 saturated carbocycles. The molecule has 0 aromatic carbocycles. The molecule has 2 atom stereocenters. The molecule has 1 fully saturated rings. The van der Waals surface area contributed by atoms with Crippen molar-refractivity contribution in [3.63, 3.8) is 0 Å². The van der Waals surface area contributed by atoms with Crippen LogP contribution in [0.25, 0.3) is 0 Å². The number of hydrogen-bond donors (Lipinski definition) is 2. The summed E-state index contributed by atoms with van der Waals surface area (Å²) < 4.78 is 0. The molecule has 1 aliphatic carbocycles. The van der Waals surface area contributed by atoms with Crippen LogP contribution in [0, 0.1) is 0 Å². The molecule has 3 nitrogen and oxygen atoms in total. The van der Waals surface area contributed by atoms with E-state index in [-0.39, 0.29) is 0 Å². The van der Waals surface area contributed by atoms with Gasteiger partial charge in [0, 0.05) is 28.1 Å². The minimum Gasteiger partial charge on any atom is -0.478 e. The molecule has 5 heteroatoms. The maximum atomic E-state index is 10.8. The largest absolute Gasteiger partial charge is 0.478 e. The molecule has 0 saturated heterocycles. The summed E-state index contributed by atoms with van der Waals surface area (Å²) in [6, 6.07) is 2.35. The molecule has 1 aromatic rings. The summed E-state index contributed by atoms with van der Waals surface area (Å²) in [5.41, 5.74) is 0.402. The van der Waals surface area contributed by atoms with Gasteiger partial charge in [0.15, 0.2) is 0 Å². The lowest BCUT2D eigenvalue weighted by Crippen LogP contribution is -2.33. The monoisotopic (exact) mass is 271 g/mol. The summed E-state index contributed by atoms with van der Waals surface area (Å²) in [7, 11) is 0. The van der Waals surface area contributed by atoms with Crippen LogP contribution in [0.1, 0.15) is 34.5 Å². The van der Waals surface area contributed by atoms with E-state index in [1.807, 2.05) is 11.8 Å². The van der Waals surface area contributed by atoms with Crippen LogP contribution in [0.3, 0.4) is 0 Å². The van der Waals surface area contributed by atoms with Gasteiger partial charge >= 0.3 is 5.97 Å². The predicted octanol–water partition coefficient (Wildman–Crippen LogP) is 2.82. The highest BCUT2D eigenvalue weighted by Gasteiger charge is 2.25. The second-order valence-corrected chi connectivity index (χ2v) is 6.37. The average molecular weight is 271 g/mol. The Morgan fingerprint density at radius 3 is 3.12 bits per heavy atom. The first kappa shape index (κ1) is 12.9. The van der Waals surface area contributed by atoms with Crippen LogP contribution in [0.2, 0.25) is 0 Å². The van der Waals surface area contributed by atoms with E-state index in [0.717, 1.165) is 11.4 Å². The van der Waals surface area contributed by atoms with Crippen molar-refractivity contribution in [2.75, 3.05) is 6.26 Å². The summed E-state index contributed by atoms with van der Waals surface area (Å²) in [4.78, 5) is 11.9. The first-order valence-electron chi connectivity index (χ1n) is 5.77. The number of carbonyl (C=O) groups is 1. The number of rotatable bonds is 5. The third-order valence-electron chi connectivity index (χ3n) is 3.19. The van der Waals surface area contributed by atoms with E-state index in [0.29, 0.717) is 16.9 Å². The zero-order chi connectivity index (χ0) is 12.3. The van der Waals surface area contributed by atoms with E-state index >= 15 is 0 Å². The SMILES string of the molecule is CSC1CCCC1NCc1cc(C(=O)O)cs1. The molecule has 2 rings (SSSR count). The lowest BCUT2D eigenvalue weighted by Gasteiger charge is -2.18. The molecule has 0 amide bonds. The van der Waals surface area contributed by atoms with Crippen molar-refractivity contribution in [2.45, 2.75) is 37.1 Å². The number of hydrogen-bond acceptors (Lipinski definition) is 4. The van der Waals surface area contributed by atoms with Crippen LogP contribution in [0.15, 0.2) is 11.4 Å². The third-order valence-corrected chi connectivity index (χ3v) is 5.30. The van der Waals surface area contributed by atoms with Crippen molar-refractivity contribution in [2.24, 2.45) is 0 Å². The summed E-state index contributed by atoms with van der Waals surface area (Å²) in [5.74, 6) is -0.838. The van der Waals surface area contributed by atoms with Crippen molar-refractivity contribution in [3.05, 3.63) is 21.9 Å². The van der Waals surface area contributed by atoms with E-state index < -0.39 is 5.97 Å². The molecule has 1 heterocycles. The molecule has 0 radical (unpaired) electrons. The number of carboxylic acid groups (broad SMARTS) is 1. The Kier molecular flexibility index (Phi) is 4.48. The molecule has 1 aromatic heterocycles. The molecule has 0 aliphatic heterocycles. The normalized spacial score (nSPS) is 24.1. The molecule has 0 spiro atoms. The van der Waals surface area contributed by atoms with Crippen molar-refractivity contribution < 1.29 is 9.90 Å². The highest BCUT2D eigenvalue weighted by molar-refractivity contribution is 7.99. The van der Waals surface area contributed by atoms with Crippen LogP contribution >= 0.6 is 23.1 Å². The fraction of sp³-hybridized carbons (Fsp3) is 0.583. The Hall–Kier alpha value is -0.520. The fourth-order valence-corrected chi connectivity index (χ4v) is 4.03. The topological polar surface area (TPSA) is 49.3 Å². The van der Waals surface area contributed by atoms with Crippen molar-refractivity contribution in [3.8, 4) is 0 Å². The Bertz CT molecular complexity index is 392. The van der Waals surface area contributed by atoms with Crippen LogP contribution in [-0.4, -0.2) is 28.6 Å². The molecule has 17 heavy (non-hydrogen) atoms. The summed E-state index contributed by atoms with van der Waals surface area (Å²) >= 11 is 3.45. The highest BCUT2D eigenvalue weighted by atomic mass is 32.2. The van der Waals surface area contributed by atoms with E-state index in [1.54, 1.807) is 11.4 Å². The van der Waals surface area contributed by atoms with Gasteiger partial charge in [-0.15, -0.1) is 11.3 Å². The lowest BCUT2D eigenvalue weighted by atomic mass is 10.2. The molecule has 94 valence electrons. The van der Waals surface area contributed by atoms with Gasteiger partial charge in [-0.1, -0.05) is 6.42 Å². The van der Waals surface area contributed by atoms with Gasteiger partial charge in [0.2, 0.25) is 0 Å². The lowest BCUT2D eigenvalue weighted by molar-refractivity contribution is 0.0697. The summed E-state index contributed by atoms with van der Waals surface area (Å²) in [5, 5.41) is 14.8. The molecule has 2 unspecified atom stereocenters. The van der Waals surface area contributed by atoms with Gasteiger partial charge in [0.05, 0.1) is 5.56 Å². The van der Waals surface area contributed by atoms with Gasteiger partial charge in [-0.25, -0.2) is 4.79 Å². The molecule has 1 aliphatic rings. The van der Waals surface area contributed by atoms with Gasteiger partial charge in [-0.3, -0.25) is 0 Å². The Balaban J connectivity index is 1.86. The number of nitrogens with one attached hydrogen (secondary N) is 1. The minimum absolute atomic E-state index is 0.402. The molecular formula is C12H17NO2S2.